The molecule has 0 spiro atoms. The first kappa shape index (κ1) is 13.0. The maximum absolute atomic E-state index is 13.0. The number of hydrogen-bond acceptors (Lipinski definition) is 4. The first-order valence-electron chi connectivity index (χ1n) is 3.86. The van der Waals surface area contributed by atoms with Crippen molar-refractivity contribution in [3.63, 3.8) is 0 Å². The standard InChI is InChI=1S/C8H5BrF2O4S/c9-4-7(12)5-1-2-6(10)8(3-5)15-16(11,13)14/h1-3H,4H2. The van der Waals surface area contributed by atoms with Gasteiger partial charge in [0, 0.05) is 5.56 Å². The molecule has 0 saturated heterocycles. The van der Waals surface area contributed by atoms with Crippen LogP contribution in [0.3, 0.4) is 0 Å². The maximum Gasteiger partial charge on any atom is 0.488 e. The minimum atomic E-state index is -5.31. The van der Waals surface area contributed by atoms with Crippen LogP contribution in [0.25, 0.3) is 0 Å². The van der Waals surface area contributed by atoms with E-state index in [1.165, 1.54) is 0 Å². The van der Waals surface area contributed by atoms with Gasteiger partial charge < -0.3 is 4.18 Å². The van der Waals surface area contributed by atoms with E-state index in [-0.39, 0.29) is 10.9 Å². The Morgan fingerprint density at radius 1 is 1.44 bits per heavy atom. The second-order valence-corrected chi connectivity index (χ2v) is 4.19. The molecule has 0 heterocycles. The Bertz CT molecular complexity index is 515. The average molecular weight is 315 g/mol. The van der Waals surface area contributed by atoms with Crippen molar-refractivity contribution >= 4 is 32.2 Å². The predicted octanol–water partition coefficient (Wildman–Crippen LogP) is 2.00. The maximum atomic E-state index is 13.0. The molecule has 0 amide bonds. The first-order valence-corrected chi connectivity index (χ1v) is 6.29. The van der Waals surface area contributed by atoms with Crippen molar-refractivity contribution in [3.8, 4) is 5.75 Å². The number of alkyl halides is 1. The summed E-state index contributed by atoms with van der Waals surface area (Å²) < 4.78 is 49.2. The Kier molecular flexibility index (Phi) is 3.98. The summed E-state index contributed by atoms with van der Waals surface area (Å²) in [7, 11) is -5.31. The minimum Gasteiger partial charge on any atom is -0.355 e. The van der Waals surface area contributed by atoms with E-state index in [2.05, 4.69) is 20.1 Å². The Balaban J connectivity index is 3.14. The van der Waals surface area contributed by atoms with E-state index < -0.39 is 27.9 Å². The summed E-state index contributed by atoms with van der Waals surface area (Å²) in [4.78, 5) is 11.2. The Morgan fingerprint density at radius 3 is 2.56 bits per heavy atom. The zero-order valence-electron chi connectivity index (χ0n) is 7.61. The fourth-order valence-electron chi connectivity index (χ4n) is 0.925. The molecule has 0 aliphatic heterocycles. The normalized spacial score (nSPS) is 11.2. The number of carbonyl (C=O) groups is 1. The van der Waals surface area contributed by atoms with Crippen molar-refractivity contribution in [1.82, 2.24) is 0 Å². The van der Waals surface area contributed by atoms with E-state index in [1.807, 2.05) is 0 Å². The van der Waals surface area contributed by atoms with Crippen LogP contribution in [-0.4, -0.2) is 19.5 Å². The van der Waals surface area contributed by atoms with Gasteiger partial charge in [-0.25, -0.2) is 4.39 Å². The molecule has 88 valence electrons. The molecule has 0 fully saturated rings. The summed E-state index contributed by atoms with van der Waals surface area (Å²) in [6.45, 7) is 0. The Hall–Kier alpha value is -1.02. The molecule has 4 nitrogen and oxygen atoms in total. The van der Waals surface area contributed by atoms with Crippen molar-refractivity contribution in [2.45, 2.75) is 0 Å². The van der Waals surface area contributed by atoms with E-state index in [4.69, 9.17) is 0 Å². The lowest BCUT2D eigenvalue weighted by atomic mass is 10.1. The number of benzene rings is 1. The van der Waals surface area contributed by atoms with Crippen molar-refractivity contribution in [1.29, 1.82) is 0 Å². The molecule has 0 bridgehead atoms. The summed E-state index contributed by atoms with van der Waals surface area (Å²) in [6.07, 6.45) is 0. The Labute approximate surface area is 98.8 Å². The highest BCUT2D eigenvalue weighted by molar-refractivity contribution is 9.09. The number of halogens is 3. The minimum absolute atomic E-state index is 0.0110. The van der Waals surface area contributed by atoms with Gasteiger partial charge in [-0.2, -0.15) is 8.42 Å². The number of Topliss-reactive ketones (excluding diaryl/α,β-unsaturated/α-hetero) is 1. The highest BCUT2D eigenvalue weighted by Gasteiger charge is 2.16. The van der Waals surface area contributed by atoms with Crippen molar-refractivity contribution in [2.75, 3.05) is 5.33 Å². The summed E-state index contributed by atoms with van der Waals surface area (Å²) in [6, 6.07) is 2.77. The molecule has 0 aliphatic rings. The third-order valence-electron chi connectivity index (χ3n) is 1.56. The van der Waals surface area contributed by atoms with Crippen LogP contribution in [0.5, 0.6) is 5.75 Å². The lowest BCUT2D eigenvalue weighted by Crippen LogP contribution is -2.06. The van der Waals surface area contributed by atoms with Gasteiger partial charge in [0.2, 0.25) is 0 Å². The summed E-state index contributed by atoms with van der Waals surface area (Å²) >= 11 is 2.88. The third kappa shape index (κ3) is 3.53. The van der Waals surface area contributed by atoms with Gasteiger partial charge in [0.1, 0.15) is 0 Å². The van der Waals surface area contributed by atoms with Crippen molar-refractivity contribution < 1.29 is 25.7 Å². The quantitative estimate of drug-likeness (QED) is 0.484. The van der Waals surface area contributed by atoms with E-state index in [0.717, 1.165) is 18.2 Å². The van der Waals surface area contributed by atoms with Crippen LogP contribution in [0.15, 0.2) is 18.2 Å². The second-order valence-electron chi connectivity index (χ2n) is 2.68. The van der Waals surface area contributed by atoms with Crippen LogP contribution in [0.2, 0.25) is 0 Å². The van der Waals surface area contributed by atoms with Gasteiger partial charge in [0.05, 0.1) is 5.33 Å². The zero-order chi connectivity index (χ0) is 12.3. The highest BCUT2D eigenvalue weighted by Crippen LogP contribution is 2.21. The molecule has 0 radical (unpaired) electrons. The van der Waals surface area contributed by atoms with Crippen LogP contribution in [-0.2, 0) is 10.5 Å². The van der Waals surface area contributed by atoms with Gasteiger partial charge in [-0.05, 0) is 18.2 Å². The number of rotatable bonds is 4. The second kappa shape index (κ2) is 4.88. The van der Waals surface area contributed by atoms with Gasteiger partial charge in [-0.3, -0.25) is 4.79 Å². The SMILES string of the molecule is O=C(CBr)c1ccc(F)c(OS(=O)(=O)F)c1. The molecule has 1 rings (SSSR count). The fraction of sp³-hybridized carbons (Fsp3) is 0.125. The number of hydrogen-bond donors (Lipinski definition) is 0. The summed E-state index contributed by atoms with van der Waals surface area (Å²) in [5, 5.41) is -0.0273. The van der Waals surface area contributed by atoms with Gasteiger partial charge in [-0.1, -0.05) is 19.8 Å². The fourth-order valence-corrected chi connectivity index (χ4v) is 1.59. The zero-order valence-corrected chi connectivity index (χ0v) is 10.0. The number of ketones is 1. The number of carbonyl (C=O) groups excluding carboxylic acids is 1. The molecule has 16 heavy (non-hydrogen) atoms. The monoisotopic (exact) mass is 314 g/mol. The van der Waals surface area contributed by atoms with E-state index in [0.29, 0.717) is 0 Å². The molecule has 1 aromatic carbocycles. The smallest absolute Gasteiger partial charge is 0.355 e. The van der Waals surface area contributed by atoms with Crippen LogP contribution in [0, 0.1) is 5.82 Å². The van der Waals surface area contributed by atoms with E-state index in [1.54, 1.807) is 0 Å². The summed E-state index contributed by atoms with van der Waals surface area (Å²) in [5.74, 6) is -2.34. The van der Waals surface area contributed by atoms with Crippen LogP contribution in [0.4, 0.5) is 8.28 Å². The molecular weight excluding hydrogens is 310 g/mol. The van der Waals surface area contributed by atoms with Crippen LogP contribution >= 0.6 is 15.9 Å². The lowest BCUT2D eigenvalue weighted by molar-refractivity contribution is 0.102. The highest BCUT2D eigenvalue weighted by atomic mass is 79.9. The molecule has 0 aromatic heterocycles. The molecule has 0 N–H and O–H groups in total. The first-order chi connectivity index (χ1) is 7.33. The predicted molar refractivity (Wildman–Crippen MR) is 55.2 cm³/mol. The van der Waals surface area contributed by atoms with Crippen LogP contribution < -0.4 is 4.18 Å². The van der Waals surface area contributed by atoms with E-state index >= 15 is 0 Å². The van der Waals surface area contributed by atoms with Crippen molar-refractivity contribution in [2.24, 2.45) is 0 Å². The molecule has 0 aliphatic carbocycles. The molecule has 0 atom stereocenters. The lowest BCUT2D eigenvalue weighted by Gasteiger charge is -2.03. The molecule has 1 aromatic rings. The van der Waals surface area contributed by atoms with Gasteiger partial charge in [0.15, 0.2) is 17.3 Å². The molecule has 8 heteroatoms. The Morgan fingerprint density at radius 2 is 2.06 bits per heavy atom. The molecule has 0 unspecified atom stereocenters. The topological polar surface area (TPSA) is 60.4 Å². The van der Waals surface area contributed by atoms with Gasteiger partial charge in [0.25, 0.3) is 0 Å². The van der Waals surface area contributed by atoms with Crippen molar-refractivity contribution in [3.05, 3.63) is 29.6 Å². The largest absolute Gasteiger partial charge is 0.488 e. The summed E-state index contributed by atoms with van der Waals surface area (Å²) in [5.41, 5.74) is 0.0110. The van der Waals surface area contributed by atoms with Crippen LogP contribution in [0.1, 0.15) is 10.4 Å². The third-order valence-corrected chi connectivity index (χ3v) is 2.45. The molecular formula is C8H5BrF2O4S. The van der Waals surface area contributed by atoms with E-state index in [9.17, 15) is 21.5 Å². The van der Waals surface area contributed by atoms with Gasteiger partial charge in [-0.15, -0.1) is 0 Å². The molecule has 0 saturated carbocycles. The average Bonchev–Trinajstić information content (AvgIpc) is 2.18. The van der Waals surface area contributed by atoms with Gasteiger partial charge >= 0.3 is 10.5 Å².